The van der Waals surface area contributed by atoms with Crippen molar-refractivity contribution in [3.8, 4) is 5.75 Å². The lowest BCUT2D eigenvalue weighted by atomic mass is 10.2. The Kier molecular flexibility index (Phi) is 6.44. The van der Waals surface area contributed by atoms with E-state index in [1.807, 2.05) is 25.1 Å². The van der Waals surface area contributed by atoms with Crippen molar-refractivity contribution in [2.75, 3.05) is 25.5 Å². The summed E-state index contributed by atoms with van der Waals surface area (Å²) < 4.78 is 9.39. The van der Waals surface area contributed by atoms with Crippen molar-refractivity contribution in [3.05, 3.63) is 50.7 Å². The third-order valence-electron chi connectivity index (χ3n) is 4.95. The highest BCUT2D eigenvalue weighted by molar-refractivity contribution is 5.81. The van der Waals surface area contributed by atoms with Crippen LogP contribution in [0.5, 0.6) is 5.75 Å². The zero-order valence-electron chi connectivity index (χ0n) is 17.9. The van der Waals surface area contributed by atoms with Crippen LogP contribution in [0.4, 0.5) is 5.95 Å². The van der Waals surface area contributed by atoms with Crippen LogP contribution in [0.1, 0.15) is 5.56 Å². The minimum Gasteiger partial charge on any atom is -0.491 e. The standard InChI is InChI=1S/C20H26N6O5/c1-12-7-5-6-8-14(12)31-11-13(27)10-26-16-17(23-19(26)22-9-15(28)21-2)24(3)20(30)25(4)18(16)29/h5-8,13,27H,9-11H2,1-4H3,(H,21,28)(H,22,23)/t13-/m1/s1. The first-order valence-electron chi connectivity index (χ1n) is 9.71. The van der Waals surface area contributed by atoms with Crippen molar-refractivity contribution in [1.82, 2.24) is 24.0 Å². The van der Waals surface area contributed by atoms with Gasteiger partial charge in [-0.05, 0) is 18.6 Å². The van der Waals surface area contributed by atoms with Crippen LogP contribution in [0.3, 0.4) is 0 Å². The first kappa shape index (κ1) is 22.1. The maximum Gasteiger partial charge on any atom is 0.332 e. The van der Waals surface area contributed by atoms with Gasteiger partial charge in [-0.3, -0.25) is 18.7 Å². The van der Waals surface area contributed by atoms with E-state index < -0.39 is 17.4 Å². The molecule has 1 aromatic carbocycles. The molecule has 2 heterocycles. The van der Waals surface area contributed by atoms with Crippen LogP contribution in [-0.4, -0.2) is 56.0 Å². The van der Waals surface area contributed by atoms with Crippen molar-refractivity contribution in [3.63, 3.8) is 0 Å². The van der Waals surface area contributed by atoms with E-state index in [1.165, 1.54) is 30.3 Å². The number of para-hydroxylation sites is 1. The summed E-state index contributed by atoms with van der Waals surface area (Å²) in [7, 11) is 4.37. The number of carbonyl (C=O) groups excluding carboxylic acids is 1. The van der Waals surface area contributed by atoms with Crippen molar-refractivity contribution < 1.29 is 14.6 Å². The number of imidazole rings is 1. The number of rotatable bonds is 8. The summed E-state index contributed by atoms with van der Waals surface area (Å²) in [4.78, 5) is 41.1. The fourth-order valence-electron chi connectivity index (χ4n) is 3.17. The Bertz CT molecular complexity index is 1230. The van der Waals surface area contributed by atoms with E-state index in [0.29, 0.717) is 5.75 Å². The highest BCUT2D eigenvalue weighted by atomic mass is 16.5. The Hall–Kier alpha value is -3.60. The molecule has 0 radical (unpaired) electrons. The Morgan fingerprint density at radius 1 is 1.23 bits per heavy atom. The van der Waals surface area contributed by atoms with Gasteiger partial charge in [0.2, 0.25) is 11.9 Å². The highest BCUT2D eigenvalue weighted by Gasteiger charge is 2.21. The summed E-state index contributed by atoms with van der Waals surface area (Å²) in [5, 5.41) is 16.0. The van der Waals surface area contributed by atoms with Gasteiger partial charge in [0.1, 0.15) is 18.5 Å². The van der Waals surface area contributed by atoms with E-state index in [2.05, 4.69) is 15.6 Å². The van der Waals surface area contributed by atoms with E-state index in [1.54, 1.807) is 6.07 Å². The molecule has 0 unspecified atom stereocenters. The van der Waals surface area contributed by atoms with Crippen LogP contribution >= 0.6 is 0 Å². The Balaban J connectivity index is 1.96. The number of anilines is 1. The maximum atomic E-state index is 12.8. The lowest BCUT2D eigenvalue weighted by Crippen LogP contribution is -2.38. The molecule has 1 amide bonds. The number of hydrogen-bond acceptors (Lipinski definition) is 7. The highest BCUT2D eigenvalue weighted by Crippen LogP contribution is 2.18. The maximum absolute atomic E-state index is 12.8. The number of likely N-dealkylation sites (N-methyl/N-ethyl adjacent to an activating group) is 1. The Labute approximate surface area is 177 Å². The first-order chi connectivity index (χ1) is 14.7. The molecule has 11 nitrogen and oxygen atoms in total. The number of aliphatic hydroxyl groups excluding tert-OH is 1. The number of hydrogen-bond donors (Lipinski definition) is 3. The summed E-state index contributed by atoms with van der Waals surface area (Å²) in [6.45, 7) is 1.75. The van der Waals surface area contributed by atoms with E-state index in [4.69, 9.17) is 4.74 Å². The molecule has 166 valence electrons. The van der Waals surface area contributed by atoms with Crippen molar-refractivity contribution in [2.45, 2.75) is 19.6 Å². The van der Waals surface area contributed by atoms with Gasteiger partial charge in [0.25, 0.3) is 5.56 Å². The van der Waals surface area contributed by atoms with Crippen LogP contribution in [0.25, 0.3) is 11.2 Å². The van der Waals surface area contributed by atoms with Gasteiger partial charge >= 0.3 is 5.69 Å². The predicted octanol–water partition coefficient (Wildman–Crippen LogP) is -0.660. The molecule has 0 aliphatic rings. The fraction of sp³-hybridized carbons (Fsp3) is 0.400. The third-order valence-corrected chi connectivity index (χ3v) is 4.95. The van der Waals surface area contributed by atoms with E-state index >= 15 is 0 Å². The molecule has 2 aromatic heterocycles. The van der Waals surface area contributed by atoms with Gasteiger partial charge in [0.05, 0.1) is 13.1 Å². The largest absolute Gasteiger partial charge is 0.491 e. The second-order valence-electron chi connectivity index (χ2n) is 7.18. The summed E-state index contributed by atoms with van der Waals surface area (Å²) in [5.74, 6) is 0.545. The molecule has 3 N–H and O–H groups in total. The third kappa shape index (κ3) is 4.45. The van der Waals surface area contributed by atoms with Gasteiger partial charge in [-0.1, -0.05) is 18.2 Å². The van der Waals surface area contributed by atoms with Gasteiger partial charge in [-0.25, -0.2) is 4.79 Å². The normalized spacial score (nSPS) is 12.0. The summed E-state index contributed by atoms with van der Waals surface area (Å²) in [6.07, 6.45) is -0.987. The Morgan fingerprint density at radius 3 is 2.61 bits per heavy atom. The number of carbonyl (C=O) groups is 1. The van der Waals surface area contributed by atoms with Gasteiger partial charge in [-0.15, -0.1) is 0 Å². The number of amides is 1. The summed E-state index contributed by atoms with van der Waals surface area (Å²) in [5.41, 5.74) is 0.145. The smallest absolute Gasteiger partial charge is 0.332 e. The number of ether oxygens (including phenoxy) is 1. The molecule has 0 saturated carbocycles. The molecule has 0 bridgehead atoms. The first-order valence-corrected chi connectivity index (χ1v) is 9.71. The van der Waals surface area contributed by atoms with E-state index in [-0.39, 0.29) is 42.7 Å². The molecule has 3 rings (SSSR count). The summed E-state index contributed by atoms with van der Waals surface area (Å²) in [6, 6.07) is 7.43. The number of nitrogens with one attached hydrogen (secondary N) is 2. The summed E-state index contributed by atoms with van der Waals surface area (Å²) >= 11 is 0. The number of benzene rings is 1. The molecule has 31 heavy (non-hydrogen) atoms. The van der Waals surface area contributed by atoms with Crippen molar-refractivity contribution in [2.24, 2.45) is 14.1 Å². The fourth-order valence-corrected chi connectivity index (χ4v) is 3.17. The lowest BCUT2D eigenvalue weighted by Gasteiger charge is -2.16. The topological polar surface area (TPSA) is 132 Å². The molecular weight excluding hydrogens is 404 g/mol. The lowest BCUT2D eigenvalue weighted by molar-refractivity contribution is -0.118. The number of nitrogens with zero attached hydrogens (tertiary/aromatic N) is 4. The van der Waals surface area contributed by atoms with Gasteiger partial charge in [0.15, 0.2) is 11.2 Å². The predicted molar refractivity (Wildman–Crippen MR) is 115 cm³/mol. The molecule has 0 aliphatic carbocycles. The minimum absolute atomic E-state index is 0.0223. The average molecular weight is 430 g/mol. The number of aryl methyl sites for hydroxylation is 2. The van der Waals surface area contributed by atoms with Crippen LogP contribution in [0, 0.1) is 6.92 Å². The minimum atomic E-state index is -0.987. The van der Waals surface area contributed by atoms with Crippen LogP contribution in [0.15, 0.2) is 33.9 Å². The second kappa shape index (κ2) is 9.04. The van der Waals surface area contributed by atoms with Crippen molar-refractivity contribution >= 4 is 23.0 Å². The number of aliphatic hydroxyl groups is 1. The second-order valence-corrected chi connectivity index (χ2v) is 7.18. The number of aromatic nitrogens is 4. The van der Waals surface area contributed by atoms with Gasteiger partial charge in [0, 0.05) is 21.1 Å². The molecule has 1 atom stereocenters. The molecule has 0 spiro atoms. The van der Waals surface area contributed by atoms with E-state index in [0.717, 1.165) is 10.1 Å². The quantitative estimate of drug-likeness (QED) is 0.432. The Morgan fingerprint density at radius 2 is 1.94 bits per heavy atom. The molecule has 0 saturated heterocycles. The molecule has 0 fully saturated rings. The molecule has 3 aromatic rings. The van der Waals surface area contributed by atoms with E-state index in [9.17, 15) is 19.5 Å². The van der Waals surface area contributed by atoms with Crippen molar-refractivity contribution in [1.29, 1.82) is 0 Å². The SMILES string of the molecule is CNC(=O)CNc1nc2c(c(=O)n(C)c(=O)n2C)n1C[C@@H](O)COc1ccccc1C. The van der Waals surface area contributed by atoms with Crippen LogP contribution < -0.4 is 26.6 Å². The number of fused-ring (bicyclic) bond motifs is 1. The van der Waals surface area contributed by atoms with Crippen LogP contribution in [-0.2, 0) is 25.4 Å². The molecule has 11 heteroatoms. The molecule has 0 aliphatic heterocycles. The van der Waals surface area contributed by atoms with Crippen LogP contribution in [0.2, 0.25) is 0 Å². The average Bonchev–Trinajstić information content (AvgIpc) is 3.12. The van der Waals surface area contributed by atoms with Gasteiger partial charge < -0.3 is 25.0 Å². The zero-order chi connectivity index (χ0) is 22.7. The van der Waals surface area contributed by atoms with Gasteiger partial charge in [-0.2, -0.15) is 4.98 Å². The monoisotopic (exact) mass is 430 g/mol. The zero-order valence-corrected chi connectivity index (χ0v) is 17.9. The molecular formula is C20H26N6O5.